The molecule has 2 aromatic carbocycles. The number of rotatable bonds is 2. The van der Waals surface area contributed by atoms with Crippen molar-refractivity contribution in [1.82, 2.24) is 0 Å². The summed E-state index contributed by atoms with van der Waals surface area (Å²) in [4.78, 5) is 12.2. The van der Waals surface area contributed by atoms with Crippen molar-refractivity contribution in [3.8, 4) is 0 Å². The second-order valence-electron chi connectivity index (χ2n) is 4.00. The van der Waals surface area contributed by atoms with Crippen LogP contribution in [0.15, 0.2) is 36.4 Å². The molecule has 0 aromatic heterocycles. The van der Waals surface area contributed by atoms with E-state index in [1.165, 1.54) is 30.3 Å². The third-order valence-electron chi connectivity index (χ3n) is 2.43. The summed E-state index contributed by atoms with van der Waals surface area (Å²) in [5.74, 6) is -0.742. The fourth-order valence-electron chi connectivity index (χ4n) is 1.72. The van der Waals surface area contributed by atoms with Crippen molar-refractivity contribution >= 4 is 29.0 Å². The zero-order valence-corrected chi connectivity index (χ0v) is 11.0. The van der Waals surface area contributed by atoms with Crippen LogP contribution in [0.5, 0.6) is 0 Å². The van der Waals surface area contributed by atoms with E-state index in [-0.39, 0.29) is 11.3 Å². The number of aryl methyl sites for hydroxylation is 1. The van der Waals surface area contributed by atoms with E-state index in [1.807, 2.05) is 0 Å². The van der Waals surface area contributed by atoms with E-state index in [4.69, 9.17) is 23.2 Å². The number of hydrogen-bond donors (Lipinski definition) is 0. The lowest BCUT2D eigenvalue weighted by atomic mass is 10.0. The van der Waals surface area contributed by atoms with Crippen LogP contribution in [0.25, 0.3) is 0 Å². The minimum absolute atomic E-state index is 0.283. The molecule has 0 aliphatic rings. The summed E-state index contributed by atoms with van der Waals surface area (Å²) in [5.41, 5.74) is 1.31. The van der Waals surface area contributed by atoms with Gasteiger partial charge in [0, 0.05) is 21.2 Å². The molecule has 4 heteroatoms. The van der Waals surface area contributed by atoms with Gasteiger partial charge in [-0.15, -0.1) is 0 Å². The fraction of sp³-hybridized carbons (Fsp3) is 0.0714. The maximum Gasteiger partial charge on any atom is 0.193 e. The van der Waals surface area contributed by atoms with E-state index in [9.17, 15) is 9.18 Å². The molecule has 2 rings (SSSR count). The Morgan fingerprint density at radius 3 is 2.06 bits per heavy atom. The Kier molecular flexibility index (Phi) is 3.69. The predicted octanol–water partition coefficient (Wildman–Crippen LogP) is 4.67. The fourth-order valence-corrected chi connectivity index (χ4v) is 2.25. The highest BCUT2D eigenvalue weighted by atomic mass is 35.5. The molecule has 0 aliphatic carbocycles. The topological polar surface area (TPSA) is 17.1 Å². The summed E-state index contributed by atoms with van der Waals surface area (Å²) in [6.07, 6.45) is 0. The van der Waals surface area contributed by atoms with E-state index in [2.05, 4.69) is 0 Å². The van der Waals surface area contributed by atoms with Crippen LogP contribution in [0.1, 0.15) is 21.5 Å². The van der Waals surface area contributed by atoms with E-state index in [0.717, 1.165) is 0 Å². The minimum atomic E-state index is -0.438. The molecule has 0 N–H and O–H groups in total. The lowest BCUT2D eigenvalue weighted by molar-refractivity contribution is 0.103. The van der Waals surface area contributed by atoms with Crippen LogP contribution < -0.4 is 0 Å². The van der Waals surface area contributed by atoms with Crippen LogP contribution in [0.4, 0.5) is 4.39 Å². The van der Waals surface area contributed by atoms with Crippen LogP contribution >= 0.6 is 23.2 Å². The smallest absolute Gasteiger partial charge is 0.193 e. The standard InChI is InChI=1S/C14H9Cl2FO/c1-8-2-9(6-13(17)3-8)14(18)10-4-11(15)7-12(16)5-10/h2-7H,1H3. The SMILES string of the molecule is Cc1cc(F)cc(C(=O)c2cc(Cl)cc(Cl)c2)c1. The number of carbonyl (C=O) groups is 1. The molecule has 0 saturated carbocycles. The van der Waals surface area contributed by atoms with Gasteiger partial charge in [-0.1, -0.05) is 23.2 Å². The van der Waals surface area contributed by atoms with Gasteiger partial charge in [0.25, 0.3) is 0 Å². The molecule has 0 atom stereocenters. The summed E-state index contributed by atoms with van der Waals surface area (Å²) in [5, 5.41) is 0.748. The van der Waals surface area contributed by atoms with E-state index < -0.39 is 5.82 Å². The van der Waals surface area contributed by atoms with Crippen molar-refractivity contribution in [3.05, 3.63) is 69.0 Å². The number of ketones is 1. The van der Waals surface area contributed by atoms with Gasteiger partial charge in [0.05, 0.1) is 0 Å². The lowest BCUT2D eigenvalue weighted by Gasteiger charge is -2.04. The molecule has 0 bridgehead atoms. The Labute approximate surface area is 114 Å². The number of carbonyl (C=O) groups excluding carboxylic acids is 1. The number of halogens is 3. The molecular formula is C14H9Cl2FO. The van der Waals surface area contributed by atoms with Crippen molar-refractivity contribution < 1.29 is 9.18 Å². The first-order valence-electron chi connectivity index (χ1n) is 5.24. The second kappa shape index (κ2) is 5.09. The zero-order chi connectivity index (χ0) is 13.3. The second-order valence-corrected chi connectivity index (χ2v) is 4.88. The Balaban J connectivity index is 2.47. The monoisotopic (exact) mass is 282 g/mol. The molecule has 18 heavy (non-hydrogen) atoms. The third kappa shape index (κ3) is 2.89. The Bertz CT molecular complexity index is 529. The van der Waals surface area contributed by atoms with Gasteiger partial charge in [0.1, 0.15) is 5.82 Å². The molecular weight excluding hydrogens is 274 g/mol. The Hall–Kier alpha value is -1.38. The zero-order valence-electron chi connectivity index (χ0n) is 9.51. The molecule has 0 fully saturated rings. The van der Waals surface area contributed by atoms with Crippen molar-refractivity contribution in [3.63, 3.8) is 0 Å². The molecule has 1 nitrogen and oxygen atoms in total. The molecule has 2 aromatic rings. The summed E-state index contributed by atoms with van der Waals surface area (Å²) >= 11 is 11.7. The molecule has 0 spiro atoms. The van der Waals surface area contributed by atoms with Crippen molar-refractivity contribution in [2.24, 2.45) is 0 Å². The van der Waals surface area contributed by atoms with E-state index in [0.29, 0.717) is 21.2 Å². The quantitative estimate of drug-likeness (QED) is 0.732. The number of benzene rings is 2. The van der Waals surface area contributed by atoms with Crippen molar-refractivity contribution in [2.45, 2.75) is 6.92 Å². The first-order chi connectivity index (χ1) is 8.45. The maximum atomic E-state index is 13.3. The van der Waals surface area contributed by atoms with Crippen molar-refractivity contribution in [1.29, 1.82) is 0 Å². The van der Waals surface area contributed by atoms with E-state index in [1.54, 1.807) is 13.0 Å². The van der Waals surface area contributed by atoms with E-state index >= 15 is 0 Å². The van der Waals surface area contributed by atoms with Crippen LogP contribution in [0.3, 0.4) is 0 Å². The number of hydrogen-bond acceptors (Lipinski definition) is 1. The van der Waals surface area contributed by atoms with Gasteiger partial charge in [0.2, 0.25) is 0 Å². The van der Waals surface area contributed by atoms with Gasteiger partial charge >= 0.3 is 0 Å². The normalized spacial score (nSPS) is 10.4. The van der Waals surface area contributed by atoms with Gasteiger partial charge in [-0.2, -0.15) is 0 Å². The summed E-state index contributed by atoms with van der Waals surface area (Å²) in [6, 6.07) is 8.74. The van der Waals surface area contributed by atoms with Gasteiger partial charge in [-0.3, -0.25) is 4.79 Å². The lowest BCUT2D eigenvalue weighted by Crippen LogP contribution is -2.02. The van der Waals surface area contributed by atoms with Gasteiger partial charge in [0.15, 0.2) is 5.78 Å². The Morgan fingerprint density at radius 1 is 0.944 bits per heavy atom. The predicted molar refractivity (Wildman–Crippen MR) is 71.0 cm³/mol. The van der Waals surface area contributed by atoms with Crippen LogP contribution in [-0.2, 0) is 0 Å². The molecule has 0 amide bonds. The van der Waals surface area contributed by atoms with Gasteiger partial charge in [-0.25, -0.2) is 4.39 Å². The first-order valence-corrected chi connectivity index (χ1v) is 5.99. The first kappa shape index (κ1) is 13.1. The summed E-state index contributed by atoms with van der Waals surface area (Å²) in [7, 11) is 0. The molecule has 0 aliphatic heterocycles. The average Bonchev–Trinajstić information content (AvgIpc) is 2.25. The molecule has 0 saturated heterocycles. The highest BCUT2D eigenvalue weighted by Crippen LogP contribution is 2.22. The van der Waals surface area contributed by atoms with Gasteiger partial charge in [-0.05, 0) is 48.9 Å². The maximum absolute atomic E-state index is 13.3. The van der Waals surface area contributed by atoms with Crippen LogP contribution in [0.2, 0.25) is 10.0 Å². The Morgan fingerprint density at radius 2 is 1.50 bits per heavy atom. The van der Waals surface area contributed by atoms with Crippen LogP contribution in [0, 0.1) is 12.7 Å². The molecule has 0 heterocycles. The third-order valence-corrected chi connectivity index (χ3v) is 2.87. The van der Waals surface area contributed by atoms with Crippen molar-refractivity contribution in [2.75, 3.05) is 0 Å². The molecule has 0 radical (unpaired) electrons. The highest BCUT2D eigenvalue weighted by molar-refractivity contribution is 6.35. The largest absolute Gasteiger partial charge is 0.289 e. The molecule has 92 valence electrons. The minimum Gasteiger partial charge on any atom is -0.289 e. The van der Waals surface area contributed by atoms with Gasteiger partial charge < -0.3 is 0 Å². The van der Waals surface area contributed by atoms with Crippen LogP contribution in [-0.4, -0.2) is 5.78 Å². The average molecular weight is 283 g/mol. The summed E-state index contributed by atoms with van der Waals surface area (Å²) in [6.45, 7) is 1.73. The highest BCUT2D eigenvalue weighted by Gasteiger charge is 2.12. The summed E-state index contributed by atoms with van der Waals surface area (Å²) < 4.78 is 13.3. The molecule has 0 unspecified atom stereocenters.